The lowest BCUT2D eigenvalue weighted by molar-refractivity contribution is 0.0516. The van der Waals surface area contributed by atoms with Crippen molar-refractivity contribution in [3.63, 3.8) is 0 Å². The van der Waals surface area contributed by atoms with Gasteiger partial charge in [-0.2, -0.15) is 5.10 Å². The number of halogens is 1. The van der Waals surface area contributed by atoms with E-state index in [0.29, 0.717) is 17.3 Å². The van der Waals surface area contributed by atoms with Crippen molar-refractivity contribution >= 4 is 17.6 Å². The van der Waals surface area contributed by atoms with Gasteiger partial charge in [0.25, 0.3) is 0 Å². The van der Waals surface area contributed by atoms with Crippen LogP contribution in [0.1, 0.15) is 48.4 Å². The van der Waals surface area contributed by atoms with E-state index in [1.54, 1.807) is 11.6 Å². The maximum atomic E-state index is 12.2. The van der Waals surface area contributed by atoms with Crippen molar-refractivity contribution in [3.8, 4) is 5.69 Å². The first-order valence-corrected chi connectivity index (χ1v) is 7.36. The Morgan fingerprint density at radius 2 is 2.14 bits per heavy atom. The first-order valence-electron chi connectivity index (χ1n) is 6.98. The number of ether oxygens (including phenoxy) is 1. The van der Waals surface area contributed by atoms with Crippen LogP contribution in [0.2, 0.25) is 5.02 Å². The molecule has 0 atom stereocenters. The minimum absolute atomic E-state index is 0.122. The van der Waals surface area contributed by atoms with Gasteiger partial charge in [0.2, 0.25) is 0 Å². The zero-order valence-electron chi connectivity index (χ0n) is 12.7. The Morgan fingerprint density at radius 1 is 1.43 bits per heavy atom. The molecule has 4 nitrogen and oxygen atoms in total. The van der Waals surface area contributed by atoms with Gasteiger partial charge >= 0.3 is 5.97 Å². The molecule has 0 spiro atoms. The number of aromatic nitrogens is 2. The van der Waals surface area contributed by atoms with Gasteiger partial charge in [0.1, 0.15) is 0 Å². The third-order valence-corrected chi connectivity index (χ3v) is 3.49. The second-order valence-corrected chi connectivity index (χ2v) is 5.55. The van der Waals surface area contributed by atoms with E-state index in [9.17, 15) is 4.79 Å². The summed E-state index contributed by atoms with van der Waals surface area (Å²) < 4.78 is 6.68. The van der Waals surface area contributed by atoms with E-state index in [-0.39, 0.29) is 11.6 Å². The van der Waals surface area contributed by atoms with Gasteiger partial charge in [-0.25, -0.2) is 9.48 Å². The highest BCUT2D eigenvalue weighted by atomic mass is 35.5. The van der Waals surface area contributed by atoms with Crippen molar-refractivity contribution in [2.45, 2.75) is 33.6 Å². The lowest BCUT2D eigenvalue weighted by Gasteiger charge is -2.07. The molecule has 0 aliphatic rings. The molecule has 112 valence electrons. The second kappa shape index (κ2) is 6.31. The van der Waals surface area contributed by atoms with Crippen molar-refractivity contribution in [3.05, 3.63) is 46.2 Å². The van der Waals surface area contributed by atoms with Gasteiger partial charge in [0.05, 0.1) is 23.0 Å². The lowest BCUT2D eigenvalue weighted by Crippen LogP contribution is -2.12. The maximum absolute atomic E-state index is 12.2. The van der Waals surface area contributed by atoms with Crippen molar-refractivity contribution in [2.24, 2.45) is 0 Å². The highest BCUT2D eigenvalue weighted by molar-refractivity contribution is 6.34. The van der Waals surface area contributed by atoms with Gasteiger partial charge in [0, 0.05) is 0 Å². The fraction of sp³-hybridized carbons (Fsp3) is 0.375. The molecule has 0 saturated heterocycles. The number of hydrogen-bond acceptors (Lipinski definition) is 3. The van der Waals surface area contributed by atoms with Gasteiger partial charge in [-0.3, -0.25) is 0 Å². The van der Waals surface area contributed by atoms with Crippen molar-refractivity contribution in [2.75, 3.05) is 6.61 Å². The Bertz CT molecular complexity index is 662. The molecule has 0 fully saturated rings. The van der Waals surface area contributed by atoms with Crippen LogP contribution in [-0.2, 0) is 4.74 Å². The Hall–Kier alpha value is -1.81. The minimum Gasteiger partial charge on any atom is -0.461 e. The van der Waals surface area contributed by atoms with Crippen LogP contribution in [0, 0.1) is 6.92 Å². The average Bonchev–Trinajstić information content (AvgIpc) is 2.77. The van der Waals surface area contributed by atoms with Crippen LogP contribution in [0.3, 0.4) is 0 Å². The Morgan fingerprint density at radius 3 is 2.71 bits per heavy atom. The number of carbonyl (C=O) groups is 1. The number of esters is 1. The molecular formula is C16H19ClN2O2. The molecule has 1 aromatic heterocycles. The molecule has 0 aliphatic carbocycles. The van der Waals surface area contributed by atoms with Gasteiger partial charge in [0.15, 0.2) is 5.69 Å². The van der Waals surface area contributed by atoms with Crippen LogP contribution in [-0.4, -0.2) is 22.4 Å². The normalized spacial score (nSPS) is 11.0. The fourth-order valence-corrected chi connectivity index (χ4v) is 2.52. The summed E-state index contributed by atoms with van der Waals surface area (Å²) in [5.41, 5.74) is 2.86. The van der Waals surface area contributed by atoms with E-state index < -0.39 is 5.97 Å². The molecule has 0 bridgehead atoms. The summed E-state index contributed by atoms with van der Waals surface area (Å²) in [6, 6.07) is 7.76. The summed E-state index contributed by atoms with van der Waals surface area (Å²) >= 11 is 6.36. The third kappa shape index (κ3) is 3.10. The van der Waals surface area contributed by atoms with Gasteiger partial charge < -0.3 is 4.74 Å². The first-order chi connectivity index (χ1) is 9.95. The van der Waals surface area contributed by atoms with Crippen LogP contribution in [0.4, 0.5) is 0 Å². The summed E-state index contributed by atoms with van der Waals surface area (Å²) in [4.78, 5) is 12.2. The predicted molar refractivity (Wildman–Crippen MR) is 83.4 cm³/mol. The summed E-state index contributed by atoms with van der Waals surface area (Å²) in [5, 5.41) is 4.87. The predicted octanol–water partition coefficient (Wildman–Crippen LogP) is 4.13. The van der Waals surface area contributed by atoms with E-state index in [1.165, 1.54) is 0 Å². The molecule has 0 N–H and O–H groups in total. The van der Waals surface area contributed by atoms with Gasteiger partial charge in [-0.1, -0.05) is 37.6 Å². The van der Waals surface area contributed by atoms with Crippen LogP contribution < -0.4 is 0 Å². The number of carbonyl (C=O) groups excluding carboxylic acids is 1. The number of aryl methyl sites for hydroxylation is 1. The monoisotopic (exact) mass is 306 g/mol. The number of benzene rings is 1. The van der Waals surface area contributed by atoms with Crippen LogP contribution in [0.25, 0.3) is 5.69 Å². The molecule has 0 saturated carbocycles. The summed E-state index contributed by atoms with van der Waals surface area (Å²) in [5.74, 6) is -0.333. The Labute approximate surface area is 129 Å². The Balaban J connectivity index is 2.63. The topological polar surface area (TPSA) is 44.1 Å². The molecule has 0 amide bonds. The van der Waals surface area contributed by atoms with Gasteiger partial charge in [-0.05, 0) is 37.5 Å². The first kappa shape index (κ1) is 15.6. The number of nitrogens with zero attached hydrogens (tertiary/aromatic N) is 2. The minimum atomic E-state index is -0.455. The lowest BCUT2D eigenvalue weighted by atomic mass is 10.1. The van der Waals surface area contributed by atoms with Crippen molar-refractivity contribution in [1.82, 2.24) is 9.78 Å². The van der Waals surface area contributed by atoms with Crippen LogP contribution in [0.5, 0.6) is 0 Å². The van der Waals surface area contributed by atoms with E-state index in [1.807, 2.05) is 45.0 Å². The van der Waals surface area contributed by atoms with E-state index in [4.69, 9.17) is 16.3 Å². The quantitative estimate of drug-likeness (QED) is 0.798. The largest absolute Gasteiger partial charge is 0.461 e. The molecular weight excluding hydrogens is 288 g/mol. The molecule has 5 heteroatoms. The Kier molecular flexibility index (Phi) is 4.68. The average molecular weight is 307 g/mol. The zero-order chi connectivity index (χ0) is 15.6. The standard InChI is InChI=1S/C16H19ClN2O2/c1-5-21-16(20)15-13(17)14(10(2)3)18-19(15)12-8-6-7-11(4)9-12/h6-10H,5H2,1-4H3. The number of hydrogen-bond donors (Lipinski definition) is 0. The summed E-state index contributed by atoms with van der Waals surface area (Å²) in [7, 11) is 0. The zero-order valence-corrected chi connectivity index (χ0v) is 13.4. The molecule has 0 unspecified atom stereocenters. The second-order valence-electron chi connectivity index (χ2n) is 5.17. The summed E-state index contributed by atoms with van der Waals surface area (Å²) in [6.45, 7) is 8.03. The molecule has 0 radical (unpaired) electrons. The third-order valence-electron chi connectivity index (χ3n) is 3.11. The number of rotatable bonds is 4. The van der Waals surface area contributed by atoms with Crippen molar-refractivity contribution in [1.29, 1.82) is 0 Å². The maximum Gasteiger partial charge on any atom is 0.358 e. The SMILES string of the molecule is CCOC(=O)c1c(Cl)c(C(C)C)nn1-c1cccc(C)c1. The fourth-order valence-electron chi connectivity index (χ4n) is 2.11. The summed E-state index contributed by atoms with van der Waals surface area (Å²) in [6.07, 6.45) is 0. The smallest absolute Gasteiger partial charge is 0.358 e. The van der Waals surface area contributed by atoms with E-state index in [0.717, 1.165) is 11.3 Å². The molecule has 1 aromatic carbocycles. The van der Waals surface area contributed by atoms with E-state index in [2.05, 4.69) is 5.10 Å². The molecule has 21 heavy (non-hydrogen) atoms. The van der Waals surface area contributed by atoms with E-state index >= 15 is 0 Å². The highest BCUT2D eigenvalue weighted by Crippen LogP contribution is 2.29. The van der Waals surface area contributed by atoms with Crippen LogP contribution >= 0.6 is 11.6 Å². The molecule has 0 aliphatic heterocycles. The van der Waals surface area contributed by atoms with Crippen LogP contribution in [0.15, 0.2) is 24.3 Å². The molecule has 2 rings (SSSR count). The molecule has 2 aromatic rings. The molecule has 1 heterocycles. The van der Waals surface area contributed by atoms with Gasteiger partial charge in [-0.15, -0.1) is 0 Å². The van der Waals surface area contributed by atoms with Crippen molar-refractivity contribution < 1.29 is 9.53 Å². The highest BCUT2D eigenvalue weighted by Gasteiger charge is 2.25.